The Hall–Kier alpha value is -1.49. The zero-order valence-electron chi connectivity index (χ0n) is 7.67. The van der Waals surface area contributed by atoms with Crippen LogP contribution in [-0.4, -0.2) is 0 Å². The van der Waals surface area contributed by atoms with Crippen molar-refractivity contribution in [2.45, 2.75) is 25.7 Å². The number of nitrogen functional groups attached to an aromatic ring is 1. The molecule has 2 nitrogen and oxygen atoms in total. The number of rotatable bonds is 1. The Balaban J connectivity index is 2.58. The van der Waals surface area contributed by atoms with Crippen molar-refractivity contribution in [3.63, 3.8) is 0 Å². The van der Waals surface area contributed by atoms with Gasteiger partial charge in [0.25, 0.3) is 0 Å². The largest absolute Gasteiger partial charge is 0.399 e. The van der Waals surface area contributed by atoms with E-state index in [1.54, 1.807) is 0 Å². The lowest BCUT2D eigenvalue weighted by Gasteiger charge is -2.06. The van der Waals surface area contributed by atoms with Crippen LogP contribution in [0.15, 0.2) is 12.1 Å². The molecular formula is C11H12N2. The Labute approximate surface area is 78.0 Å². The van der Waals surface area contributed by atoms with Crippen LogP contribution in [0.3, 0.4) is 0 Å². The highest BCUT2D eigenvalue weighted by Crippen LogP contribution is 2.42. The average Bonchev–Trinajstić information content (AvgIpc) is 2.85. The van der Waals surface area contributed by atoms with Crippen molar-refractivity contribution in [1.82, 2.24) is 0 Å². The molecule has 0 aliphatic heterocycles. The molecule has 0 saturated heterocycles. The number of benzene rings is 1. The summed E-state index contributed by atoms with van der Waals surface area (Å²) in [4.78, 5) is 0. The summed E-state index contributed by atoms with van der Waals surface area (Å²) in [5, 5.41) is 8.98. The SMILES string of the molecule is Cc1cc(N)cc(C2CC2)c1C#N. The van der Waals surface area contributed by atoms with Gasteiger partial charge in [0.1, 0.15) is 0 Å². The molecule has 0 spiro atoms. The third-order valence-electron chi connectivity index (χ3n) is 2.52. The molecule has 1 aliphatic rings. The fourth-order valence-corrected chi connectivity index (χ4v) is 1.71. The molecule has 0 heterocycles. The molecule has 1 aromatic carbocycles. The minimum absolute atomic E-state index is 0.594. The molecule has 0 aromatic heterocycles. The van der Waals surface area contributed by atoms with Crippen LogP contribution in [0.1, 0.15) is 35.4 Å². The van der Waals surface area contributed by atoms with Gasteiger partial charge in [-0.3, -0.25) is 0 Å². The maximum atomic E-state index is 8.98. The molecule has 66 valence electrons. The number of nitrogens with two attached hydrogens (primary N) is 1. The highest BCUT2D eigenvalue weighted by Gasteiger charge is 2.26. The van der Waals surface area contributed by atoms with Gasteiger partial charge in [0.15, 0.2) is 0 Å². The summed E-state index contributed by atoms with van der Waals surface area (Å²) in [6.07, 6.45) is 2.41. The Morgan fingerprint density at radius 1 is 1.46 bits per heavy atom. The van der Waals surface area contributed by atoms with Gasteiger partial charge in [-0.05, 0) is 48.9 Å². The summed E-state index contributed by atoms with van der Waals surface area (Å²) in [6.45, 7) is 1.95. The maximum Gasteiger partial charge on any atom is 0.0997 e. The van der Waals surface area contributed by atoms with Crippen LogP contribution in [0, 0.1) is 18.3 Å². The van der Waals surface area contributed by atoms with Crippen molar-refractivity contribution in [2.75, 3.05) is 5.73 Å². The molecule has 0 atom stereocenters. The van der Waals surface area contributed by atoms with Crippen molar-refractivity contribution < 1.29 is 0 Å². The highest BCUT2D eigenvalue weighted by molar-refractivity contribution is 5.55. The van der Waals surface area contributed by atoms with E-state index in [4.69, 9.17) is 11.0 Å². The summed E-state index contributed by atoms with van der Waals surface area (Å²) >= 11 is 0. The molecule has 0 bridgehead atoms. The molecule has 2 N–H and O–H groups in total. The van der Waals surface area contributed by atoms with E-state index >= 15 is 0 Å². The second-order valence-corrected chi connectivity index (χ2v) is 3.69. The van der Waals surface area contributed by atoms with Crippen LogP contribution in [0.2, 0.25) is 0 Å². The molecule has 1 aromatic rings. The predicted octanol–water partition coefficient (Wildman–Crippen LogP) is 2.33. The highest BCUT2D eigenvalue weighted by atomic mass is 14.5. The van der Waals surface area contributed by atoms with Gasteiger partial charge >= 0.3 is 0 Å². The average molecular weight is 172 g/mol. The Bertz CT molecular complexity index is 384. The fraction of sp³-hybridized carbons (Fsp3) is 0.364. The van der Waals surface area contributed by atoms with Crippen LogP contribution in [0.5, 0.6) is 0 Å². The molecule has 0 amide bonds. The van der Waals surface area contributed by atoms with E-state index in [1.165, 1.54) is 12.8 Å². The first-order valence-corrected chi connectivity index (χ1v) is 4.52. The molecular weight excluding hydrogens is 160 g/mol. The summed E-state index contributed by atoms with van der Waals surface area (Å²) in [6, 6.07) is 6.07. The van der Waals surface area contributed by atoms with Gasteiger partial charge in [-0.2, -0.15) is 5.26 Å². The molecule has 13 heavy (non-hydrogen) atoms. The van der Waals surface area contributed by atoms with E-state index in [0.29, 0.717) is 5.92 Å². The standard InChI is InChI=1S/C11H12N2/c1-7-4-9(13)5-10(8-2-3-8)11(7)6-12/h4-5,8H,2-3,13H2,1H3. The molecule has 1 fully saturated rings. The zero-order chi connectivity index (χ0) is 9.42. The number of aryl methyl sites for hydroxylation is 1. The van der Waals surface area contributed by atoms with Gasteiger partial charge in [0.05, 0.1) is 11.6 Å². The third kappa shape index (κ3) is 1.38. The lowest BCUT2D eigenvalue weighted by molar-refractivity contribution is 1.11. The minimum atomic E-state index is 0.594. The van der Waals surface area contributed by atoms with Crippen LogP contribution in [-0.2, 0) is 0 Å². The van der Waals surface area contributed by atoms with E-state index in [2.05, 4.69) is 6.07 Å². The smallest absolute Gasteiger partial charge is 0.0997 e. The van der Waals surface area contributed by atoms with E-state index in [-0.39, 0.29) is 0 Å². The van der Waals surface area contributed by atoms with E-state index in [0.717, 1.165) is 22.4 Å². The van der Waals surface area contributed by atoms with Gasteiger partial charge in [0, 0.05) is 5.69 Å². The molecule has 2 heteroatoms. The lowest BCUT2D eigenvalue weighted by atomic mass is 9.98. The molecule has 1 saturated carbocycles. The maximum absolute atomic E-state index is 8.98. The second kappa shape index (κ2) is 2.77. The van der Waals surface area contributed by atoms with Gasteiger partial charge in [-0.15, -0.1) is 0 Å². The fourth-order valence-electron chi connectivity index (χ4n) is 1.71. The van der Waals surface area contributed by atoms with Gasteiger partial charge in [-0.25, -0.2) is 0 Å². The Morgan fingerprint density at radius 3 is 2.69 bits per heavy atom. The van der Waals surface area contributed by atoms with Crippen molar-refractivity contribution in [1.29, 1.82) is 5.26 Å². The van der Waals surface area contributed by atoms with E-state index in [9.17, 15) is 0 Å². The normalized spacial score (nSPS) is 15.4. The second-order valence-electron chi connectivity index (χ2n) is 3.69. The number of nitriles is 1. The summed E-state index contributed by atoms with van der Waals surface area (Å²) in [5.74, 6) is 0.594. The van der Waals surface area contributed by atoms with Crippen molar-refractivity contribution in [2.24, 2.45) is 0 Å². The lowest BCUT2D eigenvalue weighted by Crippen LogP contribution is -1.95. The van der Waals surface area contributed by atoms with Crippen LogP contribution in [0.4, 0.5) is 5.69 Å². The zero-order valence-corrected chi connectivity index (χ0v) is 7.67. The monoisotopic (exact) mass is 172 g/mol. The number of nitrogens with zero attached hydrogens (tertiary/aromatic N) is 1. The number of hydrogen-bond acceptors (Lipinski definition) is 2. The Kier molecular flexibility index (Phi) is 1.73. The van der Waals surface area contributed by atoms with Gasteiger partial charge < -0.3 is 5.73 Å². The molecule has 1 aliphatic carbocycles. The van der Waals surface area contributed by atoms with Crippen LogP contribution < -0.4 is 5.73 Å². The van der Waals surface area contributed by atoms with Crippen molar-refractivity contribution >= 4 is 5.69 Å². The third-order valence-corrected chi connectivity index (χ3v) is 2.52. The Morgan fingerprint density at radius 2 is 2.15 bits per heavy atom. The quantitative estimate of drug-likeness (QED) is 0.661. The first kappa shape index (κ1) is 8.12. The molecule has 0 radical (unpaired) electrons. The number of hydrogen-bond donors (Lipinski definition) is 1. The topological polar surface area (TPSA) is 49.8 Å². The van der Waals surface area contributed by atoms with Crippen molar-refractivity contribution in [3.05, 3.63) is 28.8 Å². The van der Waals surface area contributed by atoms with Gasteiger partial charge in [0.2, 0.25) is 0 Å². The first-order valence-electron chi connectivity index (χ1n) is 4.52. The first-order chi connectivity index (χ1) is 6.22. The van der Waals surface area contributed by atoms with Crippen LogP contribution >= 0.6 is 0 Å². The summed E-state index contributed by atoms with van der Waals surface area (Å²) < 4.78 is 0. The van der Waals surface area contributed by atoms with E-state index < -0.39 is 0 Å². The van der Waals surface area contributed by atoms with Crippen LogP contribution in [0.25, 0.3) is 0 Å². The van der Waals surface area contributed by atoms with Gasteiger partial charge in [-0.1, -0.05) is 0 Å². The van der Waals surface area contributed by atoms with E-state index in [1.807, 2.05) is 19.1 Å². The number of anilines is 1. The summed E-state index contributed by atoms with van der Waals surface area (Å²) in [5.41, 5.74) is 9.50. The molecule has 0 unspecified atom stereocenters. The minimum Gasteiger partial charge on any atom is -0.399 e. The van der Waals surface area contributed by atoms with Crippen molar-refractivity contribution in [3.8, 4) is 6.07 Å². The summed E-state index contributed by atoms with van der Waals surface area (Å²) in [7, 11) is 0. The predicted molar refractivity (Wildman–Crippen MR) is 52.3 cm³/mol. The molecule has 2 rings (SSSR count).